The second kappa shape index (κ2) is 10.7. The van der Waals surface area contributed by atoms with Gasteiger partial charge in [0, 0.05) is 43.0 Å². The number of urea groups is 1. The molecule has 0 bridgehead atoms. The molecule has 1 aromatic rings. The largest absolute Gasteiger partial charge is 0.412 e. The summed E-state index contributed by atoms with van der Waals surface area (Å²) in [5.41, 5.74) is 2.18. The fourth-order valence-corrected chi connectivity index (χ4v) is 3.73. The number of nitrogens with zero attached hydrogens (tertiary/aromatic N) is 3. The summed E-state index contributed by atoms with van der Waals surface area (Å²) in [7, 11) is 0. The third-order valence-corrected chi connectivity index (χ3v) is 5.75. The van der Waals surface area contributed by atoms with Gasteiger partial charge in [-0.2, -0.15) is 13.2 Å². The first-order chi connectivity index (χ1) is 15.7. The lowest BCUT2D eigenvalue weighted by Gasteiger charge is -2.37. The normalized spacial score (nSPS) is 17.2. The van der Waals surface area contributed by atoms with Gasteiger partial charge in [0.25, 0.3) is 5.91 Å². The highest BCUT2D eigenvalue weighted by atomic mass is 19.4. The molecule has 2 N–H and O–H groups in total. The topological polar surface area (TPSA) is 76.1 Å². The van der Waals surface area contributed by atoms with E-state index in [-0.39, 0.29) is 24.6 Å². The number of halogens is 3. The highest BCUT2D eigenvalue weighted by molar-refractivity contribution is 5.93. The maximum atomic E-state index is 13.4. The number of allylic oxidation sites excluding steroid dienone is 5. The number of likely N-dealkylation sites (N-methyl/N-ethyl adjacent to an activating group) is 1. The van der Waals surface area contributed by atoms with Crippen molar-refractivity contribution < 1.29 is 28.0 Å². The fourth-order valence-electron chi connectivity index (χ4n) is 3.73. The average molecular weight is 464 g/mol. The van der Waals surface area contributed by atoms with Crippen molar-refractivity contribution in [2.24, 2.45) is 0 Å². The van der Waals surface area contributed by atoms with Crippen LogP contribution in [0.5, 0.6) is 0 Å². The lowest BCUT2D eigenvalue weighted by Crippen LogP contribution is -2.52. The Balaban J connectivity index is 1.84. The van der Waals surface area contributed by atoms with Gasteiger partial charge in [0.05, 0.1) is 6.54 Å². The molecule has 7 nitrogen and oxygen atoms in total. The molecule has 0 atom stereocenters. The Morgan fingerprint density at radius 2 is 1.79 bits per heavy atom. The molecular weight excluding hydrogens is 437 g/mol. The minimum atomic E-state index is -4.44. The summed E-state index contributed by atoms with van der Waals surface area (Å²) in [6.45, 7) is 5.58. The van der Waals surface area contributed by atoms with Crippen molar-refractivity contribution in [3.8, 4) is 0 Å². The zero-order valence-corrected chi connectivity index (χ0v) is 18.3. The average Bonchev–Trinajstić information content (AvgIpc) is 3.08. The van der Waals surface area contributed by atoms with E-state index in [1.54, 1.807) is 22.5 Å². The second-order valence-corrected chi connectivity index (χ2v) is 7.81. The van der Waals surface area contributed by atoms with Gasteiger partial charge in [0.2, 0.25) is 0 Å². The Bertz CT molecular complexity index is 947. The van der Waals surface area contributed by atoms with Gasteiger partial charge in [-0.3, -0.25) is 14.9 Å². The molecule has 1 heterocycles. The maximum absolute atomic E-state index is 13.4. The first-order valence-electron chi connectivity index (χ1n) is 10.7. The summed E-state index contributed by atoms with van der Waals surface area (Å²) in [4.78, 5) is 30.4. The number of carbonyl (C=O) groups is 2. The predicted octanol–water partition coefficient (Wildman–Crippen LogP) is 3.70. The Morgan fingerprint density at radius 3 is 2.36 bits per heavy atom. The Hall–Kier alpha value is -3.11. The van der Waals surface area contributed by atoms with Crippen molar-refractivity contribution in [3.05, 3.63) is 71.0 Å². The van der Waals surface area contributed by atoms with E-state index in [0.29, 0.717) is 24.4 Å². The van der Waals surface area contributed by atoms with Crippen molar-refractivity contribution in [1.29, 1.82) is 0 Å². The number of hydrogen-bond acceptors (Lipinski definition) is 4. The molecule has 1 aliphatic heterocycles. The molecule has 0 radical (unpaired) electrons. The summed E-state index contributed by atoms with van der Waals surface area (Å²) in [6.07, 6.45) is 0.475. The number of alkyl halides is 3. The number of amides is 3. The van der Waals surface area contributed by atoms with E-state index in [1.165, 1.54) is 35.3 Å². The van der Waals surface area contributed by atoms with Crippen LogP contribution in [-0.2, 0) is 6.54 Å². The third kappa shape index (κ3) is 6.23. The monoisotopic (exact) mass is 464 g/mol. The number of piperazine rings is 1. The molecule has 0 aromatic heterocycles. The first-order valence-corrected chi connectivity index (χ1v) is 10.7. The molecule has 3 rings (SSSR count). The van der Waals surface area contributed by atoms with Crippen LogP contribution in [0.2, 0.25) is 0 Å². The van der Waals surface area contributed by atoms with E-state index in [4.69, 9.17) is 5.21 Å². The molecule has 0 spiro atoms. The van der Waals surface area contributed by atoms with Crippen LogP contribution in [-0.4, -0.2) is 70.7 Å². The van der Waals surface area contributed by atoms with Crippen LogP contribution < -0.4 is 5.48 Å². The van der Waals surface area contributed by atoms with Crippen LogP contribution in [0.1, 0.15) is 29.3 Å². The van der Waals surface area contributed by atoms with Crippen LogP contribution in [0.3, 0.4) is 0 Å². The van der Waals surface area contributed by atoms with Crippen LogP contribution >= 0.6 is 0 Å². The van der Waals surface area contributed by atoms with E-state index in [0.717, 1.165) is 25.7 Å². The standard InChI is InChI=1S/C23H27F3N4O3/c1-2-28-12-14-29(15-13-28)22(32)30(16-17-6-8-18(9-7-17)21(31)27-33)20-5-3-4-19(10-11-20)23(24,25)26/h3-9,11,33H,2,10,12-16H2,1H3,(H,27,31). The number of benzene rings is 1. The van der Waals surface area contributed by atoms with Crippen LogP contribution in [0.25, 0.3) is 0 Å². The fraction of sp³-hybridized carbons (Fsp3) is 0.391. The Kier molecular flexibility index (Phi) is 7.93. The van der Waals surface area contributed by atoms with Crippen LogP contribution in [0.15, 0.2) is 59.8 Å². The lowest BCUT2D eigenvalue weighted by atomic mass is 10.1. The van der Waals surface area contributed by atoms with Crippen LogP contribution in [0.4, 0.5) is 18.0 Å². The molecule has 178 valence electrons. The van der Waals surface area contributed by atoms with Crippen molar-refractivity contribution in [2.45, 2.75) is 26.1 Å². The number of hydrogen-bond donors (Lipinski definition) is 2. The molecule has 1 fully saturated rings. The Morgan fingerprint density at radius 1 is 1.12 bits per heavy atom. The van der Waals surface area contributed by atoms with Crippen molar-refractivity contribution in [3.63, 3.8) is 0 Å². The molecule has 10 heteroatoms. The molecule has 2 aliphatic rings. The molecule has 0 saturated carbocycles. The van der Waals surface area contributed by atoms with Gasteiger partial charge in [-0.1, -0.05) is 37.3 Å². The molecule has 1 aromatic carbocycles. The molecule has 1 saturated heterocycles. The maximum Gasteiger partial charge on any atom is 0.412 e. The SMILES string of the molecule is CCN1CCN(C(=O)N(Cc2ccc(C(=O)NO)cc2)C2=CCC(C(F)(F)F)=CC=C2)CC1. The van der Waals surface area contributed by atoms with Crippen LogP contribution in [0, 0.1) is 0 Å². The van der Waals surface area contributed by atoms with E-state index in [9.17, 15) is 22.8 Å². The van der Waals surface area contributed by atoms with Gasteiger partial charge < -0.3 is 9.80 Å². The highest BCUT2D eigenvalue weighted by Crippen LogP contribution is 2.31. The summed E-state index contributed by atoms with van der Waals surface area (Å²) in [5.74, 6) is -0.663. The zero-order valence-electron chi connectivity index (χ0n) is 18.3. The van der Waals surface area contributed by atoms with E-state index in [1.807, 2.05) is 0 Å². The first kappa shape index (κ1) is 24.5. The highest BCUT2D eigenvalue weighted by Gasteiger charge is 2.33. The number of hydroxylamine groups is 1. The molecular formula is C23H27F3N4O3. The van der Waals surface area contributed by atoms with Gasteiger partial charge in [-0.15, -0.1) is 0 Å². The molecule has 33 heavy (non-hydrogen) atoms. The van der Waals surface area contributed by atoms with Crippen molar-refractivity contribution in [2.75, 3.05) is 32.7 Å². The lowest BCUT2D eigenvalue weighted by molar-refractivity contribution is -0.0928. The Labute approximate surface area is 190 Å². The van der Waals surface area contributed by atoms with E-state index < -0.39 is 17.7 Å². The number of rotatable bonds is 5. The quantitative estimate of drug-likeness (QED) is 0.515. The van der Waals surface area contributed by atoms with Gasteiger partial charge in [0.15, 0.2) is 0 Å². The third-order valence-electron chi connectivity index (χ3n) is 5.75. The van der Waals surface area contributed by atoms with Gasteiger partial charge in [-0.25, -0.2) is 10.3 Å². The van der Waals surface area contributed by atoms with Crippen molar-refractivity contribution >= 4 is 11.9 Å². The summed E-state index contributed by atoms with van der Waals surface area (Å²) in [5, 5.41) is 8.77. The minimum absolute atomic E-state index is 0.116. The van der Waals surface area contributed by atoms with Gasteiger partial charge >= 0.3 is 12.2 Å². The van der Waals surface area contributed by atoms with Gasteiger partial charge in [-0.05, 0) is 36.7 Å². The van der Waals surface area contributed by atoms with E-state index in [2.05, 4.69) is 11.8 Å². The zero-order chi connectivity index (χ0) is 24.0. The molecule has 0 unspecified atom stereocenters. The summed E-state index contributed by atoms with van der Waals surface area (Å²) in [6, 6.07) is 6.00. The minimum Gasteiger partial charge on any atom is -0.322 e. The molecule has 3 amide bonds. The number of nitrogens with one attached hydrogen (secondary N) is 1. The summed E-state index contributed by atoms with van der Waals surface area (Å²) >= 11 is 0. The predicted molar refractivity (Wildman–Crippen MR) is 116 cm³/mol. The summed E-state index contributed by atoms with van der Waals surface area (Å²) < 4.78 is 39.5. The number of carbonyl (C=O) groups excluding carboxylic acids is 2. The smallest absolute Gasteiger partial charge is 0.322 e. The second-order valence-electron chi connectivity index (χ2n) is 7.81. The van der Waals surface area contributed by atoms with E-state index >= 15 is 0 Å². The van der Waals surface area contributed by atoms with Crippen molar-refractivity contribution in [1.82, 2.24) is 20.2 Å². The molecule has 1 aliphatic carbocycles. The van der Waals surface area contributed by atoms with Gasteiger partial charge in [0.1, 0.15) is 0 Å².